The van der Waals surface area contributed by atoms with Gasteiger partial charge in [-0.3, -0.25) is 4.99 Å². The van der Waals surface area contributed by atoms with E-state index in [1.165, 1.54) is 0 Å². The van der Waals surface area contributed by atoms with Gasteiger partial charge in [-0.1, -0.05) is 24.3 Å². The van der Waals surface area contributed by atoms with Crippen LogP contribution in [0.4, 0.5) is 0 Å². The second-order valence-electron chi connectivity index (χ2n) is 6.19. The summed E-state index contributed by atoms with van der Waals surface area (Å²) < 4.78 is 11.2. The molecule has 6 heteroatoms. The number of aromatic nitrogens is 1. The molecule has 6 nitrogen and oxygen atoms in total. The Morgan fingerprint density at radius 1 is 1.15 bits per heavy atom. The van der Waals surface area contributed by atoms with E-state index in [9.17, 15) is 0 Å². The van der Waals surface area contributed by atoms with Crippen molar-refractivity contribution in [3.05, 3.63) is 54.2 Å². The average molecular weight is 354 g/mol. The summed E-state index contributed by atoms with van der Waals surface area (Å²) in [5, 5.41) is 3.39. The van der Waals surface area contributed by atoms with Gasteiger partial charge in [-0.2, -0.15) is 0 Å². The second kappa shape index (κ2) is 9.08. The van der Waals surface area contributed by atoms with Crippen molar-refractivity contribution in [2.24, 2.45) is 4.99 Å². The second-order valence-corrected chi connectivity index (χ2v) is 6.19. The van der Waals surface area contributed by atoms with Crippen molar-refractivity contribution in [1.82, 2.24) is 15.2 Å². The Labute approximate surface area is 154 Å². The van der Waals surface area contributed by atoms with Crippen LogP contribution in [0.25, 0.3) is 0 Å². The number of aliphatic imine (C=N–C) groups is 1. The van der Waals surface area contributed by atoms with Gasteiger partial charge < -0.3 is 19.7 Å². The quantitative estimate of drug-likeness (QED) is 0.661. The summed E-state index contributed by atoms with van der Waals surface area (Å²) in [7, 11) is 3.44. The summed E-state index contributed by atoms with van der Waals surface area (Å²) in [4.78, 5) is 11.1. The summed E-state index contributed by atoms with van der Waals surface area (Å²) in [5.74, 6) is 2.46. The van der Waals surface area contributed by atoms with E-state index in [1.54, 1.807) is 7.11 Å². The number of ether oxygens (including phenoxy) is 2. The molecule has 1 fully saturated rings. The molecule has 0 bridgehead atoms. The minimum absolute atomic E-state index is 0.256. The molecule has 0 atom stereocenters. The predicted molar refractivity (Wildman–Crippen MR) is 103 cm³/mol. The zero-order valence-electron chi connectivity index (χ0n) is 15.4. The number of nitrogens with one attached hydrogen (secondary N) is 1. The molecular formula is C20H26N4O2. The first-order chi connectivity index (χ1) is 12.8. The van der Waals surface area contributed by atoms with Gasteiger partial charge >= 0.3 is 0 Å². The molecule has 1 aromatic heterocycles. The molecule has 0 amide bonds. The van der Waals surface area contributed by atoms with Gasteiger partial charge in [-0.05, 0) is 18.2 Å². The van der Waals surface area contributed by atoms with Crippen molar-refractivity contribution in [3.63, 3.8) is 0 Å². The van der Waals surface area contributed by atoms with E-state index in [-0.39, 0.29) is 6.10 Å². The molecule has 1 N–H and O–H groups in total. The molecule has 26 heavy (non-hydrogen) atoms. The molecular weight excluding hydrogens is 328 g/mol. The molecule has 1 aromatic carbocycles. The Balaban J connectivity index is 1.49. The number of piperidine rings is 1. The first-order valence-electron chi connectivity index (χ1n) is 8.95. The minimum atomic E-state index is 0.256. The van der Waals surface area contributed by atoms with Crippen LogP contribution < -0.4 is 14.8 Å². The molecule has 0 unspecified atom stereocenters. The van der Waals surface area contributed by atoms with Crippen molar-refractivity contribution >= 4 is 5.96 Å². The van der Waals surface area contributed by atoms with Crippen molar-refractivity contribution in [3.8, 4) is 11.6 Å². The first kappa shape index (κ1) is 18.0. The van der Waals surface area contributed by atoms with Crippen LogP contribution >= 0.6 is 0 Å². The van der Waals surface area contributed by atoms with Gasteiger partial charge in [0.1, 0.15) is 11.9 Å². The number of para-hydroxylation sites is 1. The fourth-order valence-electron chi connectivity index (χ4n) is 3.05. The molecule has 1 aliphatic heterocycles. The third-order valence-corrected chi connectivity index (χ3v) is 4.42. The highest BCUT2D eigenvalue weighted by atomic mass is 16.5. The lowest BCUT2D eigenvalue weighted by molar-refractivity contribution is 0.129. The number of likely N-dealkylation sites (tertiary alicyclic amines) is 1. The van der Waals surface area contributed by atoms with Crippen molar-refractivity contribution < 1.29 is 9.47 Å². The zero-order valence-corrected chi connectivity index (χ0v) is 15.4. The monoisotopic (exact) mass is 354 g/mol. The summed E-state index contributed by atoms with van der Waals surface area (Å²) in [6, 6.07) is 15.8. The normalized spacial score (nSPS) is 15.6. The Bertz CT molecular complexity index is 713. The molecule has 0 saturated carbocycles. The number of methoxy groups -OCH3 is 1. The third-order valence-electron chi connectivity index (χ3n) is 4.42. The Hall–Kier alpha value is -2.76. The maximum Gasteiger partial charge on any atom is 0.213 e. The van der Waals surface area contributed by atoms with Gasteiger partial charge in [0.05, 0.1) is 19.3 Å². The summed E-state index contributed by atoms with van der Waals surface area (Å²) in [6.45, 7) is 2.45. The average Bonchev–Trinajstić information content (AvgIpc) is 2.70. The fraction of sp³-hybridized carbons (Fsp3) is 0.400. The van der Waals surface area contributed by atoms with Crippen LogP contribution in [0.15, 0.2) is 53.5 Å². The lowest BCUT2D eigenvalue weighted by Gasteiger charge is -2.34. The third kappa shape index (κ3) is 4.88. The summed E-state index contributed by atoms with van der Waals surface area (Å²) in [5.41, 5.74) is 0.924. The van der Waals surface area contributed by atoms with Gasteiger partial charge in [0.25, 0.3) is 0 Å². The van der Waals surface area contributed by atoms with Crippen LogP contribution in [0.1, 0.15) is 18.5 Å². The number of nitrogens with zero attached hydrogens (tertiary/aromatic N) is 3. The number of guanidine groups is 1. The van der Waals surface area contributed by atoms with E-state index in [0.29, 0.717) is 12.4 Å². The van der Waals surface area contributed by atoms with Crippen LogP contribution in [0.3, 0.4) is 0 Å². The van der Waals surface area contributed by atoms with Crippen LogP contribution in [-0.2, 0) is 6.54 Å². The molecule has 0 radical (unpaired) electrons. The molecule has 2 heterocycles. The largest absolute Gasteiger partial charge is 0.490 e. The summed E-state index contributed by atoms with van der Waals surface area (Å²) in [6.07, 6.45) is 2.21. The molecule has 0 aliphatic carbocycles. The van der Waals surface area contributed by atoms with Gasteiger partial charge in [0.2, 0.25) is 5.88 Å². The fourth-order valence-corrected chi connectivity index (χ4v) is 3.05. The van der Waals surface area contributed by atoms with E-state index >= 15 is 0 Å². The van der Waals surface area contributed by atoms with Crippen molar-refractivity contribution in [2.75, 3.05) is 27.2 Å². The lowest BCUT2D eigenvalue weighted by atomic mass is 10.1. The molecule has 1 saturated heterocycles. The van der Waals surface area contributed by atoms with Gasteiger partial charge in [0, 0.05) is 39.0 Å². The Morgan fingerprint density at radius 3 is 2.62 bits per heavy atom. The zero-order chi connectivity index (χ0) is 18.2. The number of hydrogen-bond donors (Lipinski definition) is 1. The maximum absolute atomic E-state index is 6.06. The molecule has 1 aliphatic rings. The van der Waals surface area contributed by atoms with E-state index in [4.69, 9.17) is 9.47 Å². The highest BCUT2D eigenvalue weighted by Crippen LogP contribution is 2.18. The van der Waals surface area contributed by atoms with Crippen LogP contribution in [0.5, 0.6) is 11.6 Å². The molecule has 3 rings (SSSR count). The highest BCUT2D eigenvalue weighted by molar-refractivity contribution is 5.79. The first-order valence-corrected chi connectivity index (χ1v) is 8.95. The number of rotatable bonds is 5. The number of hydrogen-bond acceptors (Lipinski definition) is 4. The minimum Gasteiger partial charge on any atom is -0.490 e. The number of pyridine rings is 1. The molecule has 0 spiro atoms. The Kier molecular flexibility index (Phi) is 6.30. The van der Waals surface area contributed by atoms with Crippen molar-refractivity contribution in [2.45, 2.75) is 25.5 Å². The summed E-state index contributed by atoms with van der Waals surface area (Å²) >= 11 is 0. The van der Waals surface area contributed by atoms with Gasteiger partial charge in [0.15, 0.2) is 5.96 Å². The van der Waals surface area contributed by atoms with E-state index in [0.717, 1.165) is 43.3 Å². The van der Waals surface area contributed by atoms with E-state index in [1.807, 2.05) is 55.6 Å². The van der Waals surface area contributed by atoms with Crippen LogP contribution in [-0.4, -0.2) is 49.2 Å². The highest BCUT2D eigenvalue weighted by Gasteiger charge is 2.22. The van der Waals surface area contributed by atoms with Crippen molar-refractivity contribution in [1.29, 1.82) is 0 Å². The lowest BCUT2D eigenvalue weighted by Crippen LogP contribution is -2.47. The van der Waals surface area contributed by atoms with E-state index < -0.39 is 0 Å². The topological polar surface area (TPSA) is 59.0 Å². The smallest absolute Gasteiger partial charge is 0.213 e. The van der Waals surface area contributed by atoms with E-state index in [2.05, 4.69) is 20.2 Å². The van der Waals surface area contributed by atoms with Gasteiger partial charge in [-0.25, -0.2) is 4.98 Å². The molecule has 138 valence electrons. The Morgan fingerprint density at radius 2 is 1.92 bits per heavy atom. The number of benzene rings is 1. The van der Waals surface area contributed by atoms with Gasteiger partial charge in [-0.15, -0.1) is 0 Å². The SMILES string of the molecule is CN=C(NCc1cccc(OC)n1)N1CCC(Oc2ccccc2)CC1. The maximum atomic E-state index is 6.06. The standard InChI is InChI=1S/C20H26N4O2/c1-21-20(22-15-16-7-6-10-19(23-16)25-2)24-13-11-18(12-14-24)26-17-8-4-3-5-9-17/h3-10,18H,11-15H2,1-2H3,(H,21,22). The van der Waals surface area contributed by atoms with Crippen LogP contribution in [0.2, 0.25) is 0 Å². The predicted octanol–water partition coefficient (Wildman–Crippen LogP) is 2.71. The molecule has 2 aromatic rings. The van der Waals surface area contributed by atoms with Crippen LogP contribution in [0, 0.1) is 0 Å².